The standard InChI is InChI=1S/C11H17N3/c1-8-10(12)5-4-9(11(8)13)6-7-14(2)3/h4-7H,12-13H2,1-3H3/b7-6+. The summed E-state index contributed by atoms with van der Waals surface area (Å²) in [4.78, 5) is 1.96. The molecule has 1 aromatic carbocycles. The molecular weight excluding hydrogens is 174 g/mol. The van der Waals surface area contributed by atoms with E-state index in [0.29, 0.717) is 0 Å². The van der Waals surface area contributed by atoms with Gasteiger partial charge in [-0.3, -0.25) is 0 Å². The predicted octanol–water partition coefficient (Wildman–Crippen LogP) is 1.69. The van der Waals surface area contributed by atoms with Crippen molar-refractivity contribution in [1.82, 2.24) is 4.90 Å². The van der Waals surface area contributed by atoms with Gasteiger partial charge in [0.2, 0.25) is 0 Å². The van der Waals surface area contributed by atoms with Crippen molar-refractivity contribution in [2.24, 2.45) is 0 Å². The van der Waals surface area contributed by atoms with Crippen molar-refractivity contribution in [2.45, 2.75) is 6.92 Å². The van der Waals surface area contributed by atoms with Gasteiger partial charge in [-0.2, -0.15) is 0 Å². The van der Waals surface area contributed by atoms with Crippen molar-refractivity contribution in [3.8, 4) is 0 Å². The lowest BCUT2D eigenvalue weighted by molar-refractivity contribution is 0.567. The van der Waals surface area contributed by atoms with Crippen molar-refractivity contribution >= 4 is 17.5 Å². The monoisotopic (exact) mass is 191 g/mol. The lowest BCUT2D eigenvalue weighted by Crippen LogP contribution is -2.01. The minimum Gasteiger partial charge on any atom is -0.398 e. The topological polar surface area (TPSA) is 55.3 Å². The minimum absolute atomic E-state index is 0.740. The number of nitrogens with zero attached hydrogens (tertiary/aromatic N) is 1. The highest BCUT2D eigenvalue weighted by Crippen LogP contribution is 2.23. The Hall–Kier alpha value is -1.64. The first-order valence-corrected chi connectivity index (χ1v) is 4.51. The summed E-state index contributed by atoms with van der Waals surface area (Å²) in [5.74, 6) is 0. The highest BCUT2D eigenvalue weighted by molar-refractivity contribution is 5.73. The maximum Gasteiger partial charge on any atom is 0.0438 e. The number of nitrogens with two attached hydrogens (primary N) is 2. The summed E-state index contributed by atoms with van der Waals surface area (Å²) in [6.07, 6.45) is 3.93. The summed E-state index contributed by atoms with van der Waals surface area (Å²) in [5, 5.41) is 0. The maximum absolute atomic E-state index is 5.92. The van der Waals surface area contributed by atoms with Crippen LogP contribution in [0.3, 0.4) is 0 Å². The summed E-state index contributed by atoms with van der Waals surface area (Å²) in [6, 6.07) is 3.80. The molecule has 0 aliphatic carbocycles. The van der Waals surface area contributed by atoms with Gasteiger partial charge in [0.05, 0.1) is 0 Å². The van der Waals surface area contributed by atoms with Crippen LogP contribution in [-0.4, -0.2) is 19.0 Å². The molecule has 0 saturated heterocycles. The van der Waals surface area contributed by atoms with Crippen LogP contribution >= 0.6 is 0 Å². The molecule has 0 saturated carbocycles. The molecule has 0 fully saturated rings. The van der Waals surface area contributed by atoms with Gasteiger partial charge in [-0.15, -0.1) is 0 Å². The van der Waals surface area contributed by atoms with Crippen molar-refractivity contribution in [3.63, 3.8) is 0 Å². The summed E-state index contributed by atoms with van der Waals surface area (Å²) in [7, 11) is 3.94. The van der Waals surface area contributed by atoms with Gasteiger partial charge in [0.1, 0.15) is 0 Å². The average Bonchev–Trinajstić information content (AvgIpc) is 2.13. The third-order valence-corrected chi connectivity index (χ3v) is 2.14. The molecule has 0 heterocycles. The molecule has 0 radical (unpaired) electrons. The van der Waals surface area contributed by atoms with Crippen molar-refractivity contribution in [3.05, 3.63) is 29.5 Å². The number of anilines is 2. The number of hydrogen-bond acceptors (Lipinski definition) is 3. The van der Waals surface area contributed by atoms with Gasteiger partial charge in [-0.25, -0.2) is 0 Å². The van der Waals surface area contributed by atoms with Crippen LogP contribution < -0.4 is 11.5 Å². The molecule has 1 rings (SSSR count). The van der Waals surface area contributed by atoms with Crippen LogP contribution in [0.5, 0.6) is 0 Å². The molecule has 0 aromatic heterocycles. The molecule has 0 amide bonds. The minimum atomic E-state index is 0.740. The Morgan fingerprint density at radius 1 is 1.21 bits per heavy atom. The van der Waals surface area contributed by atoms with Gasteiger partial charge in [0.25, 0.3) is 0 Å². The highest BCUT2D eigenvalue weighted by Gasteiger charge is 2.01. The van der Waals surface area contributed by atoms with Crippen LogP contribution in [-0.2, 0) is 0 Å². The summed E-state index contributed by atoms with van der Waals surface area (Å²) < 4.78 is 0. The van der Waals surface area contributed by atoms with Crippen LogP contribution in [0.1, 0.15) is 11.1 Å². The van der Waals surface area contributed by atoms with Gasteiger partial charge in [0, 0.05) is 25.5 Å². The van der Waals surface area contributed by atoms with Crippen LogP contribution in [0, 0.1) is 6.92 Å². The Balaban J connectivity index is 3.06. The number of hydrogen-bond donors (Lipinski definition) is 2. The van der Waals surface area contributed by atoms with E-state index >= 15 is 0 Å². The fraction of sp³-hybridized carbons (Fsp3) is 0.273. The Labute approximate surface area is 85.0 Å². The SMILES string of the molecule is Cc1c(N)ccc(/C=C/N(C)C)c1N. The van der Waals surface area contributed by atoms with E-state index in [1.54, 1.807) is 0 Å². The first kappa shape index (κ1) is 10.4. The molecule has 0 unspecified atom stereocenters. The van der Waals surface area contributed by atoms with Gasteiger partial charge in [-0.1, -0.05) is 6.07 Å². The zero-order valence-electron chi connectivity index (χ0n) is 8.91. The van der Waals surface area contributed by atoms with Crippen molar-refractivity contribution in [1.29, 1.82) is 0 Å². The molecule has 0 atom stereocenters. The van der Waals surface area contributed by atoms with Gasteiger partial charge >= 0.3 is 0 Å². The summed E-state index contributed by atoms with van der Waals surface area (Å²) in [5.41, 5.74) is 15.1. The maximum atomic E-state index is 5.92. The molecule has 0 spiro atoms. The quantitative estimate of drug-likeness (QED) is 0.699. The fourth-order valence-corrected chi connectivity index (χ4v) is 1.14. The largest absolute Gasteiger partial charge is 0.398 e. The van der Waals surface area contributed by atoms with Crippen molar-refractivity contribution in [2.75, 3.05) is 25.6 Å². The third-order valence-electron chi connectivity index (χ3n) is 2.14. The average molecular weight is 191 g/mol. The van der Waals surface area contributed by atoms with Crippen molar-refractivity contribution < 1.29 is 0 Å². The lowest BCUT2D eigenvalue weighted by Gasteiger charge is -2.08. The van der Waals surface area contributed by atoms with E-state index in [2.05, 4.69) is 0 Å². The number of nitrogen functional groups attached to an aromatic ring is 2. The first-order valence-electron chi connectivity index (χ1n) is 4.51. The second-order valence-corrected chi connectivity index (χ2v) is 3.56. The van der Waals surface area contributed by atoms with E-state index in [9.17, 15) is 0 Å². The Morgan fingerprint density at radius 2 is 1.86 bits per heavy atom. The lowest BCUT2D eigenvalue weighted by atomic mass is 10.1. The molecule has 3 heteroatoms. The molecule has 0 bridgehead atoms. The van der Waals surface area contributed by atoms with E-state index in [0.717, 1.165) is 22.5 Å². The van der Waals surface area contributed by atoms with E-state index in [-0.39, 0.29) is 0 Å². The second kappa shape index (κ2) is 4.05. The van der Waals surface area contributed by atoms with Crippen LogP contribution in [0.25, 0.3) is 6.08 Å². The Bertz CT molecular complexity index is 354. The molecule has 14 heavy (non-hydrogen) atoms. The molecule has 1 aromatic rings. The predicted molar refractivity (Wildman–Crippen MR) is 62.7 cm³/mol. The zero-order valence-corrected chi connectivity index (χ0v) is 8.91. The summed E-state index contributed by atoms with van der Waals surface area (Å²) >= 11 is 0. The van der Waals surface area contributed by atoms with Crippen LogP contribution in [0.15, 0.2) is 18.3 Å². The van der Waals surface area contributed by atoms with Crippen LogP contribution in [0.2, 0.25) is 0 Å². The van der Waals surface area contributed by atoms with E-state index in [1.807, 2.05) is 50.3 Å². The number of benzene rings is 1. The van der Waals surface area contributed by atoms with Gasteiger partial charge in [-0.05, 0) is 36.4 Å². The molecule has 3 nitrogen and oxygen atoms in total. The summed E-state index contributed by atoms with van der Waals surface area (Å²) in [6.45, 7) is 1.93. The molecule has 0 aliphatic heterocycles. The van der Waals surface area contributed by atoms with Gasteiger partial charge < -0.3 is 16.4 Å². The fourth-order valence-electron chi connectivity index (χ4n) is 1.14. The van der Waals surface area contributed by atoms with E-state index < -0.39 is 0 Å². The Kier molecular flexibility index (Phi) is 3.02. The van der Waals surface area contributed by atoms with E-state index in [1.165, 1.54) is 0 Å². The second-order valence-electron chi connectivity index (χ2n) is 3.56. The Morgan fingerprint density at radius 3 is 2.43 bits per heavy atom. The third kappa shape index (κ3) is 2.19. The normalized spacial score (nSPS) is 10.8. The van der Waals surface area contributed by atoms with Crippen LogP contribution in [0.4, 0.5) is 11.4 Å². The van der Waals surface area contributed by atoms with Gasteiger partial charge in [0.15, 0.2) is 0 Å². The smallest absolute Gasteiger partial charge is 0.0438 e. The molecular formula is C11H17N3. The molecule has 76 valence electrons. The highest BCUT2D eigenvalue weighted by atomic mass is 15.0. The molecule has 4 N–H and O–H groups in total. The zero-order chi connectivity index (χ0) is 10.7. The molecule has 0 aliphatic rings. The van der Waals surface area contributed by atoms with E-state index in [4.69, 9.17) is 11.5 Å². The number of rotatable bonds is 2. The first-order chi connectivity index (χ1) is 6.52.